The SMILES string of the molecule is NC(=O)NN=Cc1cc(Br)ccc1OCC(=O)O. The van der Waals surface area contributed by atoms with E-state index in [9.17, 15) is 9.59 Å². The number of aliphatic carboxylic acids is 1. The van der Waals surface area contributed by atoms with Crippen molar-refractivity contribution in [2.45, 2.75) is 0 Å². The number of nitrogens with two attached hydrogens (primary N) is 1. The number of carbonyl (C=O) groups is 2. The molecule has 0 aliphatic carbocycles. The minimum absolute atomic E-state index is 0.329. The Balaban J connectivity index is 2.85. The largest absolute Gasteiger partial charge is 0.481 e. The lowest BCUT2D eigenvalue weighted by Gasteiger charge is -2.07. The van der Waals surface area contributed by atoms with Gasteiger partial charge in [-0.3, -0.25) is 0 Å². The van der Waals surface area contributed by atoms with Crippen LogP contribution >= 0.6 is 15.9 Å². The van der Waals surface area contributed by atoms with Crippen LogP contribution in [-0.2, 0) is 4.79 Å². The molecule has 0 unspecified atom stereocenters. The van der Waals surface area contributed by atoms with Crippen LogP contribution in [0.4, 0.5) is 4.79 Å². The Morgan fingerprint density at radius 2 is 2.28 bits per heavy atom. The highest BCUT2D eigenvalue weighted by Gasteiger charge is 2.05. The molecule has 96 valence electrons. The smallest absolute Gasteiger partial charge is 0.341 e. The molecule has 0 aromatic heterocycles. The summed E-state index contributed by atoms with van der Waals surface area (Å²) < 4.78 is 5.81. The topological polar surface area (TPSA) is 114 Å². The first-order chi connectivity index (χ1) is 8.49. The van der Waals surface area contributed by atoms with Gasteiger partial charge in [0.05, 0.1) is 6.21 Å². The van der Waals surface area contributed by atoms with Crippen LogP contribution < -0.4 is 15.9 Å². The standard InChI is InChI=1S/C10H10BrN3O4/c11-7-1-2-8(18-5-9(15)16)6(3-7)4-13-14-10(12)17/h1-4H,5H2,(H,15,16)(H3,12,14,17). The second-order valence-electron chi connectivity index (χ2n) is 3.10. The lowest BCUT2D eigenvalue weighted by Crippen LogP contribution is -2.24. The fourth-order valence-corrected chi connectivity index (χ4v) is 1.44. The van der Waals surface area contributed by atoms with Gasteiger partial charge in [-0.1, -0.05) is 15.9 Å². The molecular formula is C10H10BrN3O4. The summed E-state index contributed by atoms with van der Waals surface area (Å²) in [4.78, 5) is 20.8. The maximum atomic E-state index is 10.4. The highest BCUT2D eigenvalue weighted by Crippen LogP contribution is 2.21. The van der Waals surface area contributed by atoms with Crippen molar-refractivity contribution in [3.8, 4) is 5.75 Å². The Bertz CT molecular complexity index is 490. The van der Waals surface area contributed by atoms with Crippen molar-refractivity contribution in [3.05, 3.63) is 28.2 Å². The maximum absolute atomic E-state index is 10.4. The van der Waals surface area contributed by atoms with E-state index >= 15 is 0 Å². The summed E-state index contributed by atoms with van der Waals surface area (Å²) in [6, 6.07) is 4.13. The zero-order valence-electron chi connectivity index (χ0n) is 9.09. The lowest BCUT2D eigenvalue weighted by atomic mass is 10.2. The molecule has 1 aromatic rings. The van der Waals surface area contributed by atoms with Crippen molar-refractivity contribution < 1.29 is 19.4 Å². The molecule has 4 N–H and O–H groups in total. The monoisotopic (exact) mass is 315 g/mol. The van der Waals surface area contributed by atoms with E-state index in [1.807, 2.05) is 5.43 Å². The van der Waals surface area contributed by atoms with Gasteiger partial charge in [0, 0.05) is 10.0 Å². The summed E-state index contributed by atoms with van der Waals surface area (Å²) >= 11 is 3.25. The second kappa shape index (κ2) is 6.60. The fourth-order valence-electron chi connectivity index (χ4n) is 1.06. The number of carboxylic acid groups (broad SMARTS) is 1. The average Bonchev–Trinajstić information content (AvgIpc) is 2.27. The molecule has 0 bridgehead atoms. The molecule has 0 atom stereocenters. The summed E-state index contributed by atoms with van der Waals surface area (Å²) in [6.45, 7) is -0.467. The number of ether oxygens (including phenoxy) is 1. The zero-order chi connectivity index (χ0) is 13.5. The van der Waals surface area contributed by atoms with Gasteiger partial charge in [-0.25, -0.2) is 15.0 Å². The summed E-state index contributed by atoms with van der Waals surface area (Å²) in [7, 11) is 0. The van der Waals surface area contributed by atoms with Crippen LogP contribution in [0.3, 0.4) is 0 Å². The van der Waals surface area contributed by atoms with Gasteiger partial charge in [-0.15, -0.1) is 0 Å². The molecule has 1 aromatic carbocycles. The van der Waals surface area contributed by atoms with E-state index < -0.39 is 18.6 Å². The average molecular weight is 316 g/mol. The summed E-state index contributed by atoms with van der Waals surface area (Å²) in [6.07, 6.45) is 1.30. The molecule has 8 heteroatoms. The molecule has 0 aliphatic rings. The minimum Gasteiger partial charge on any atom is -0.481 e. The van der Waals surface area contributed by atoms with Crippen LogP contribution in [0.2, 0.25) is 0 Å². The minimum atomic E-state index is -1.09. The second-order valence-corrected chi connectivity index (χ2v) is 4.01. The van der Waals surface area contributed by atoms with Crippen molar-refractivity contribution >= 4 is 34.1 Å². The summed E-state index contributed by atoms with van der Waals surface area (Å²) in [5.41, 5.74) is 7.37. The molecule has 0 saturated heterocycles. The predicted octanol–water partition coefficient (Wildman–Crippen LogP) is 0.915. The lowest BCUT2D eigenvalue weighted by molar-refractivity contribution is -0.139. The van der Waals surface area contributed by atoms with Gasteiger partial charge < -0.3 is 15.6 Å². The van der Waals surface area contributed by atoms with Crippen LogP contribution in [0.5, 0.6) is 5.75 Å². The van der Waals surface area contributed by atoms with E-state index in [-0.39, 0.29) is 0 Å². The highest BCUT2D eigenvalue weighted by molar-refractivity contribution is 9.10. The molecule has 2 amide bonds. The van der Waals surface area contributed by atoms with E-state index in [1.165, 1.54) is 6.21 Å². The molecular weight excluding hydrogens is 306 g/mol. The van der Waals surface area contributed by atoms with Gasteiger partial charge >= 0.3 is 12.0 Å². The van der Waals surface area contributed by atoms with Gasteiger partial charge in [-0.05, 0) is 18.2 Å². The first-order valence-corrected chi connectivity index (χ1v) is 5.51. The number of nitrogens with one attached hydrogen (secondary N) is 1. The normalized spacial score (nSPS) is 10.3. The Labute approximate surface area is 111 Å². The van der Waals surface area contributed by atoms with Gasteiger partial charge in [-0.2, -0.15) is 5.10 Å². The Hall–Kier alpha value is -2.09. The van der Waals surface area contributed by atoms with Crippen molar-refractivity contribution in [2.75, 3.05) is 6.61 Å². The van der Waals surface area contributed by atoms with Crippen LogP contribution in [0, 0.1) is 0 Å². The molecule has 0 aliphatic heterocycles. The van der Waals surface area contributed by atoms with Gasteiger partial charge in [0.2, 0.25) is 0 Å². The van der Waals surface area contributed by atoms with Crippen LogP contribution in [0.1, 0.15) is 5.56 Å². The third-order valence-electron chi connectivity index (χ3n) is 1.70. The van der Waals surface area contributed by atoms with E-state index in [0.717, 1.165) is 4.47 Å². The van der Waals surface area contributed by atoms with Crippen LogP contribution in [0.25, 0.3) is 0 Å². The van der Waals surface area contributed by atoms with E-state index in [2.05, 4.69) is 21.0 Å². The van der Waals surface area contributed by atoms with Crippen LogP contribution in [-0.4, -0.2) is 29.9 Å². The molecule has 1 rings (SSSR count). The first kappa shape index (κ1) is 14.0. The predicted molar refractivity (Wildman–Crippen MR) is 67.6 cm³/mol. The molecule has 0 radical (unpaired) electrons. The third-order valence-corrected chi connectivity index (χ3v) is 2.19. The van der Waals surface area contributed by atoms with Crippen molar-refractivity contribution in [2.24, 2.45) is 10.8 Å². The number of primary amides is 1. The number of carboxylic acids is 1. The number of carbonyl (C=O) groups excluding carboxylic acids is 1. The molecule has 0 fully saturated rings. The Morgan fingerprint density at radius 3 is 2.89 bits per heavy atom. The van der Waals surface area contributed by atoms with Crippen molar-refractivity contribution in [3.63, 3.8) is 0 Å². The van der Waals surface area contributed by atoms with Gasteiger partial charge in [0.25, 0.3) is 0 Å². The summed E-state index contributed by atoms with van der Waals surface area (Å²) in [5.74, 6) is -0.758. The fraction of sp³-hybridized carbons (Fsp3) is 0.100. The van der Waals surface area contributed by atoms with Crippen LogP contribution in [0.15, 0.2) is 27.8 Å². The highest BCUT2D eigenvalue weighted by atomic mass is 79.9. The quantitative estimate of drug-likeness (QED) is 0.553. The number of nitrogens with zero attached hydrogens (tertiary/aromatic N) is 1. The third kappa shape index (κ3) is 4.83. The number of amides is 2. The maximum Gasteiger partial charge on any atom is 0.341 e. The molecule has 0 saturated carbocycles. The van der Waals surface area contributed by atoms with Gasteiger partial charge in [0.15, 0.2) is 6.61 Å². The number of rotatable bonds is 5. The van der Waals surface area contributed by atoms with Gasteiger partial charge in [0.1, 0.15) is 5.75 Å². The number of halogens is 1. The molecule has 0 spiro atoms. The Kier molecular flexibility index (Phi) is 5.12. The number of urea groups is 1. The van der Waals surface area contributed by atoms with E-state index in [0.29, 0.717) is 11.3 Å². The molecule has 0 heterocycles. The molecule has 7 nitrogen and oxygen atoms in total. The van der Waals surface area contributed by atoms with E-state index in [1.54, 1.807) is 18.2 Å². The number of benzene rings is 1. The van der Waals surface area contributed by atoms with Crippen molar-refractivity contribution in [1.29, 1.82) is 0 Å². The molecule has 18 heavy (non-hydrogen) atoms. The number of hydrogen-bond acceptors (Lipinski definition) is 4. The summed E-state index contributed by atoms with van der Waals surface area (Å²) in [5, 5.41) is 12.1. The van der Waals surface area contributed by atoms with E-state index in [4.69, 9.17) is 15.6 Å². The number of hydrogen-bond donors (Lipinski definition) is 3. The van der Waals surface area contributed by atoms with Crippen molar-refractivity contribution in [1.82, 2.24) is 5.43 Å². The zero-order valence-corrected chi connectivity index (χ0v) is 10.7. The number of hydrazone groups is 1. The Morgan fingerprint density at radius 1 is 1.56 bits per heavy atom. The first-order valence-electron chi connectivity index (χ1n) is 4.71.